The molecule has 2 fully saturated rings. The van der Waals surface area contributed by atoms with Crippen molar-refractivity contribution < 1.29 is 22.7 Å². The van der Waals surface area contributed by atoms with Gasteiger partial charge in [-0.3, -0.25) is 5.01 Å². The van der Waals surface area contributed by atoms with Crippen LogP contribution in [-0.2, 0) is 10.9 Å². The van der Waals surface area contributed by atoms with Crippen LogP contribution in [0.15, 0.2) is 59.8 Å². The number of amides is 2. The van der Waals surface area contributed by atoms with E-state index in [-0.39, 0.29) is 36.6 Å². The molecule has 186 valence electrons. The molecule has 4 unspecified atom stereocenters. The minimum atomic E-state index is -4.45. The van der Waals surface area contributed by atoms with E-state index < -0.39 is 17.8 Å². The van der Waals surface area contributed by atoms with Gasteiger partial charge < -0.3 is 15.1 Å². The van der Waals surface area contributed by atoms with Gasteiger partial charge in [0.1, 0.15) is 0 Å². The molecule has 0 radical (unpaired) electrons. The first-order valence-electron chi connectivity index (χ1n) is 10.9. The highest BCUT2D eigenvalue weighted by Gasteiger charge is 2.55. The average molecular weight is 528 g/mol. The van der Waals surface area contributed by atoms with Gasteiger partial charge in [-0.25, -0.2) is 10.2 Å². The molecule has 0 spiro atoms. The third kappa shape index (κ3) is 4.94. The molecule has 35 heavy (non-hydrogen) atoms. The molecule has 3 aliphatic rings. The summed E-state index contributed by atoms with van der Waals surface area (Å²) in [7, 11) is 0. The highest BCUT2D eigenvalue weighted by Crippen LogP contribution is 2.43. The normalized spacial score (nSPS) is 26.7. The average Bonchev–Trinajstić information content (AvgIpc) is 3.18. The summed E-state index contributed by atoms with van der Waals surface area (Å²) in [5.74, 6) is 0. The Balaban J connectivity index is 1.45. The molecular formula is C23H22Cl2F3N5O2. The zero-order valence-electron chi connectivity index (χ0n) is 18.5. The number of hydrogen-bond donors (Lipinski definition) is 2. The molecule has 0 bridgehead atoms. The maximum atomic E-state index is 13.4. The van der Waals surface area contributed by atoms with Gasteiger partial charge in [0.25, 0.3) is 0 Å². The van der Waals surface area contributed by atoms with E-state index in [1.165, 1.54) is 17.1 Å². The number of epoxide rings is 1. The smallest absolute Gasteiger partial charge is 0.352 e. The number of nitrogens with zero attached hydrogens (tertiary/aromatic N) is 3. The zero-order chi connectivity index (χ0) is 24.9. The molecule has 0 aliphatic carbocycles. The first-order chi connectivity index (χ1) is 16.6. The second-order valence-corrected chi connectivity index (χ2v) is 9.50. The molecule has 2 N–H and O–H groups in total. The van der Waals surface area contributed by atoms with Gasteiger partial charge in [0.05, 0.1) is 41.9 Å². The number of ether oxygens (including phenoxy) is 1. The SMILES string of the molecule is CC1OC1N1C(c2ccc(Cl)cc2)C(N2C=C(Cl)CN2)CN1C(=O)Nc1ccc(C(F)(F)F)cc1. The summed E-state index contributed by atoms with van der Waals surface area (Å²) in [4.78, 5) is 13.4. The van der Waals surface area contributed by atoms with E-state index in [0.717, 1.165) is 17.7 Å². The van der Waals surface area contributed by atoms with Crippen LogP contribution in [0.3, 0.4) is 0 Å². The Labute approximate surface area is 209 Å². The lowest BCUT2D eigenvalue weighted by Crippen LogP contribution is -2.46. The zero-order valence-corrected chi connectivity index (χ0v) is 20.0. The van der Waals surface area contributed by atoms with Crippen LogP contribution in [0.1, 0.15) is 24.1 Å². The van der Waals surface area contributed by atoms with Crippen molar-refractivity contribution in [1.82, 2.24) is 20.5 Å². The van der Waals surface area contributed by atoms with Crippen molar-refractivity contribution in [2.45, 2.75) is 37.5 Å². The van der Waals surface area contributed by atoms with Crippen LogP contribution in [0.4, 0.5) is 23.7 Å². The lowest BCUT2D eigenvalue weighted by molar-refractivity contribution is -0.137. The van der Waals surface area contributed by atoms with Crippen LogP contribution >= 0.6 is 23.2 Å². The molecule has 5 rings (SSSR count). The third-order valence-corrected chi connectivity index (χ3v) is 6.69. The lowest BCUT2D eigenvalue weighted by Gasteiger charge is -2.33. The molecule has 2 saturated heterocycles. The van der Waals surface area contributed by atoms with Gasteiger partial charge >= 0.3 is 12.2 Å². The first-order valence-corrected chi connectivity index (χ1v) is 11.7. The summed E-state index contributed by atoms with van der Waals surface area (Å²) < 4.78 is 44.5. The van der Waals surface area contributed by atoms with E-state index in [1.807, 2.05) is 29.1 Å². The summed E-state index contributed by atoms with van der Waals surface area (Å²) in [6.07, 6.45) is -3.11. The molecule has 7 nitrogen and oxygen atoms in total. The van der Waals surface area contributed by atoms with Gasteiger partial charge in [-0.2, -0.15) is 18.2 Å². The predicted molar refractivity (Wildman–Crippen MR) is 125 cm³/mol. The quantitative estimate of drug-likeness (QED) is 0.536. The summed E-state index contributed by atoms with van der Waals surface area (Å²) in [6, 6.07) is 10.7. The second-order valence-electron chi connectivity index (χ2n) is 8.58. The Morgan fingerprint density at radius 1 is 1.11 bits per heavy atom. The van der Waals surface area contributed by atoms with Gasteiger partial charge in [0.15, 0.2) is 6.23 Å². The van der Waals surface area contributed by atoms with Gasteiger partial charge in [0.2, 0.25) is 0 Å². The van der Waals surface area contributed by atoms with Crippen molar-refractivity contribution in [3.63, 3.8) is 0 Å². The number of nitrogens with one attached hydrogen (secondary N) is 2. The van der Waals surface area contributed by atoms with Crippen LogP contribution in [0.2, 0.25) is 5.02 Å². The van der Waals surface area contributed by atoms with Gasteiger partial charge in [-0.15, -0.1) is 0 Å². The van der Waals surface area contributed by atoms with Crippen molar-refractivity contribution in [3.05, 3.63) is 75.9 Å². The summed E-state index contributed by atoms with van der Waals surface area (Å²) in [6.45, 7) is 2.66. The molecule has 2 aromatic rings. The Hall–Kier alpha value is -2.50. The largest absolute Gasteiger partial charge is 0.416 e. The molecular weight excluding hydrogens is 506 g/mol. The van der Waals surface area contributed by atoms with Crippen molar-refractivity contribution in [2.75, 3.05) is 18.4 Å². The van der Waals surface area contributed by atoms with Gasteiger partial charge in [-0.1, -0.05) is 35.3 Å². The van der Waals surface area contributed by atoms with E-state index in [9.17, 15) is 18.0 Å². The summed E-state index contributed by atoms with van der Waals surface area (Å²) in [5, 5.41) is 9.23. The highest BCUT2D eigenvalue weighted by molar-refractivity contribution is 6.30. The first kappa shape index (κ1) is 24.2. The van der Waals surface area contributed by atoms with Gasteiger partial charge in [-0.05, 0) is 48.9 Å². The van der Waals surface area contributed by atoms with Crippen LogP contribution in [0, 0.1) is 0 Å². The minimum absolute atomic E-state index is 0.101. The molecule has 2 aromatic carbocycles. The van der Waals surface area contributed by atoms with E-state index >= 15 is 0 Å². The minimum Gasteiger partial charge on any atom is -0.352 e. The van der Waals surface area contributed by atoms with E-state index in [2.05, 4.69) is 10.7 Å². The fraction of sp³-hybridized carbons (Fsp3) is 0.348. The van der Waals surface area contributed by atoms with Crippen molar-refractivity contribution >= 4 is 34.9 Å². The predicted octanol–water partition coefficient (Wildman–Crippen LogP) is 5.18. The third-order valence-electron chi connectivity index (χ3n) is 6.20. The molecule has 3 aliphatic heterocycles. The van der Waals surface area contributed by atoms with Crippen LogP contribution in [0.25, 0.3) is 0 Å². The Bertz CT molecular complexity index is 1130. The molecule has 3 heterocycles. The highest BCUT2D eigenvalue weighted by atomic mass is 35.5. The van der Waals surface area contributed by atoms with Crippen molar-refractivity contribution in [1.29, 1.82) is 0 Å². The number of halogens is 5. The topological polar surface area (TPSA) is 63.4 Å². The fourth-order valence-electron chi connectivity index (χ4n) is 4.46. The molecule has 12 heteroatoms. The summed E-state index contributed by atoms with van der Waals surface area (Å²) >= 11 is 12.3. The molecule has 0 saturated carbocycles. The lowest BCUT2D eigenvalue weighted by atomic mass is 10.00. The maximum absolute atomic E-state index is 13.4. The second kappa shape index (κ2) is 9.18. The maximum Gasteiger partial charge on any atom is 0.416 e. The number of rotatable bonds is 4. The van der Waals surface area contributed by atoms with E-state index in [1.54, 1.807) is 18.3 Å². The van der Waals surface area contributed by atoms with Crippen LogP contribution < -0.4 is 10.7 Å². The Kier molecular flexibility index (Phi) is 6.35. The Morgan fingerprint density at radius 2 is 1.77 bits per heavy atom. The number of alkyl halides is 3. The Morgan fingerprint density at radius 3 is 2.31 bits per heavy atom. The summed E-state index contributed by atoms with van der Waals surface area (Å²) in [5.41, 5.74) is 3.62. The number of hydrogen-bond acceptors (Lipinski definition) is 5. The van der Waals surface area contributed by atoms with Crippen LogP contribution in [0.5, 0.6) is 0 Å². The number of carbonyl (C=O) groups is 1. The molecule has 4 atom stereocenters. The fourth-order valence-corrected chi connectivity index (χ4v) is 4.75. The van der Waals surface area contributed by atoms with E-state index in [0.29, 0.717) is 16.6 Å². The number of hydrazine groups is 2. The monoisotopic (exact) mass is 527 g/mol. The number of carbonyl (C=O) groups excluding carboxylic acids is 1. The van der Waals surface area contributed by atoms with Crippen molar-refractivity contribution in [2.24, 2.45) is 0 Å². The number of urea groups is 1. The molecule has 0 aromatic heterocycles. The standard InChI is InChI=1S/C23H22Cl2F3N5O2/c1-13-21(35-13)33-20(14-2-6-16(24)7-3-14)19(31-11-17(25)10-29-31)12-32(33)22(34)30-18-8-4-15(5-9-18)23(26,27)28/h2-9,11,13,19-21,29H,10,12H2,1H3,(H,30,34). The van der Waals surface area contributed by atoms with E-state index in [4.69, 9.17) is 27.9 Å². The van der Waals surface area contributed by atoms with Crippen LogP contribution in [-0.4, -0.2) is 52.5 Å². The number of benzene rings is 2. The van der Waals surface area contributed by atoms with Crippen molar-refractivity contribution in [3.8, 4) is 0 Å². The van der Waals surface area contributed by atoms with Gasteiger partial charge in [0, 0.05) is 16.9 Å². The number of anilines is 1. The molecule has 2 amide bonds.